The summed E-state index contributed by atoms with van der Waals surface area (Å²) in [4.78, 5) is 53.1. The van der Waals surface area contributed by atoms with Crippen LogP contribution in [0.25, 0.3) is 0 Å². The van der Waals surface area contributed by atoms with E-state index >= 15 is 0 Å². The van der Waals surface area contributed by atoms with Crippen LogP contribution in [0.3, 0.4) is 0 Å². The smallest absolute Gasteiger partial charge is 0.337 e. The zero-order valence-electron chi connectivity index (χ0n) is 19.0. The van der Waals surface area contributed by atoms with Gasteiger partial charge < -0.3 is 20.7 Å². The lowest BCUT2D eigenvalue weighted by atomic mass is 9.82. The van der Waals surface area contributed by atoms with Crippen molar-refractivity contribution < 1.29 is 23.9 Å². The molecule has 0 aliphatic carbocycles. The van der Waals surface area contributed by atoms with Gasteiger partial charge in [-0.25, -0.2) is 14.4 Å². The second-order valence-electron chi connectivity index (χ2n) is 7.98. The SMILES string of the molecule is CCOC(=O)C1=C(CN2C(=O)NC(c3ccccc3)(c3ccccc3)C2=O)NC(=O)N[C@H]1CC. The Labute approximate surface area is 197 Å². The van der Waals surface area contributed by atoms with Gasteiger partial charge in [0, 0.05) is 0 Å². The van der Waals surface area contributed by atoms with Crippen LogP contribution in [0, 0.1) is 0 Å². The van der Waals surface area contributed by atoms with Gasteiger partial charge in [-0.15, -0.1) is 0 Å². The normalized spacial score (nSPS) is 19.4. The van der Waals surface area contributed by atoms with E-state index in [-0.39, 0.29) is 24.4 Å². The molecule has 2 aliphatic heterocycles. The van der Waals surface area contributed by atoms with Gasteiger partial charge in [0.2, 0.25) is 0 Å². The van der Waals surface area contributed by atoms with Gasteiger partial charge in [-0.05, 0) is 24.5 Å². The molecule has 0 bridgehead atoms. The summed E-state index contributed by atoms with van der Waals surface area (Å²) in [6, 6.07) is 16.2. The van der Waals surface area contributed by atoms with Crippen LogP contribution in [0.5, 0.6) is 0 Å². The second kappa shape index (κ2) is 9.38. The molecule has 1 fully saturated rings. The van der Waals surface area contributed by atoms with Gasteiger partial charge in [-0.1, -0.05) is 67.6 Å². The minimum atomic E-state index is -1.44. The van der Waals surface area contributed by atoms with Gasteiger partial charge in [-0.2, -0.15) is 0 Å². The molecule has 0 aromatic heterocycles. The lowest BCUT2D eigenvalue weighted by molar-refractivity contribution is -0.139. The van der Waals surface area contributed by atoms with E-state index < -0.39 is 35.5 Å². The Morgan fingerprint density at radius 3 is 2.09 bits per heavy atom. The van der Waals surface area contributed by atoms with E-state index in [1.54, 1.807) is 55.5 Å². The largest absolute Gasteiger partial charge is 0.463 e. The van der Waals surface area contributed by atoms with Crippen molar-refractivity contribution in [3.05, 3.63) is 83.1 Å². The summed E-state index contributed by atoms with van der Waals surface area (Å²) in [5.41, 5.74) is 0.117. The number of urea groups is 2. The van der Waals surface area contributed by atoms with E-state index in [4.69, 9.17) is 4.74 Å². The fraction of sp³-hybridized carbons (Fsp3) is 0.280. The third kappa shape index (κ3) is 3.89. The molecule has 0 unspecified atom stereocenters. The van der Waals surface area contributed by atoms with Gasteiger partial charge in [-0.3, -0.25) is 9.69 Å². The fourth-order valence-corrected chi connectivity index (χ4v) is 4.40. The van der Waals surface area contributed by atoms with Crippen molar-refractivity contribution in [1.29, 1.82) is 0 Å². The molecule has 2 aromatic rings. The molecule has 1 saturated heterocycles. The van der Waals surface area contributed by atoms with Gasteiger partial charge in [0.25, 0.3) is 5.91 Å². The summed E-state index contributed by atoms with van der Waals surface area (Å²) in [5, 5.41) is 8.15. The number of ether oxygens (including phenoxy) is 1. The van der Waals surface area contributed by atoms with E-state index in [1.807, 2.05) is 19.1 Å². The molecule has 176 valence electrons. The Morgan fingerprint density at radius 2 is 1.56 bits per heavy atom. The molecule has 9 nitrogen and oxygen atoms in total. The lowest BCUT2D eigenvalue weighted by Crippen LogP contribution is -2.52. The number of benzene rings is 2. The second-order valence-corrected chi connectivity index (χ2v) is 7.98. The maximum Gasteiger partial charge on any atom is 0.337 e. The van der Waals surface area contributed by atoms with E-state index in [0.717, 1.165) is 4.90 Å². The van der Waals surface area contributed by atoms with E-state index in [2.05, 4.69) is 16.0 Å². The highest BCUT2D eigenvalue weighted by molar-refractivity contribution is 6.10. The standard InChI is InChI=1S/C25H26N4O5/c1-3-18-20(21(30)34-4-2)19(27-23(32)26-18)15-29-22(31)25(28-24(29)33,16-11-7-5-8-12-16)17-13-9-6-10-14-17/h5-14,18H,3-4,15H2,1-2H3,(H,28,33)(H2,26,27,32)/t18-/m0/s1. The molecule has 2 aromatic carbocycles. The van der Waals surface area contributed by atoms with Crippen molar-refractivity contribution in [3.63, 3.8) is 0 Å². The summed E-state index contributed by atoms with van der Waals surface area (Å²) in [5.74, 6) is -1.12. The maximum atomic E-state index is 13.9. The number of hydrogen-bond donors (Lipinski definition) is 3. The molecule has 3 N–H and O–H groups in total. The van der Waals surface area contributed by atoms with Gasteiger partial charge in [0.05, 0.1) is 30.5 Å². The van der Waals surface area contributed by atoms with Crippen LogP contribution in [0.1, 0.15) is 31.4 Å². The minimum absolute atomic E-state index is 0.147. The van der Waals surface area contributed by atoms with Crippen LogP contribution in [-0.4, -0.2) is 48.0 Å². The summed E-state index contributed by atoms with van der Waals surface area (Å²) in [7, 11) is 0. The van der Waals surface area contributed by atoms with Crippen LogP contribution in [0.4, 0.5) is 9.59 Å². The van der Waals surface area contributed by atoms with Crippen molar-refractivity contribution in [2.45, 2.75) is 31.8 Å². The van der Waals surface area contributed by atoms with E-state index in [0.29, 0.717) is 17.5 Å². The number of carbonyl (C=O) groups is 4. The average Bonchev–Trinajstić information content (AvgIpc) is 3.10. The topological polar surface area (TPSA) is 117 Å². The Bertz CT molecular complexity index is 1110. The Kier molecular flexibility index (Phi) is 6.36. The average molecular weight is 463 g/mol. The van der Waals surface area contributed by atoms with Gasteiger partial charge in [0.15, 0.2) is 5.54 Å². The molecule has 34 heavy (non-hydrogen) atoms. The molecule has 1 atom stereocenters. The molecule has 2 aliphatic rings. The molecular weight excluding hydrogens is 436 g/mol. The number of nitrogens with zero attached hydrogens (tertiary/aromatic N) is 1. The predicted molar refractivity (Wildman–Crippen MR) is 123 cm³/mol. The summed E-state index contributed by atoms with van der Waals surface area (Å²) >= 11 is 0. The fourth-order valence-electron chi connectivity index (χ4n) is 4.40. The lowest BCUT2D eigenvalue weighted by Gasteiger charge is -2.30. The first-order chi connectivity index (χ1) is 16.4. The molecule has 0 saturated carbocycles. The predicted octanol–water partition coefficient (Wildman–Crippen LogP) is 2.39. The Hall–Kier alpha value is -4.14. The van der Waals surface area contributed by atoms with Gasteiger partial charge in [0.1, 0.15) is 0 Å². The maximum absolute atomic E-state index is 13.9. The molecule has 4 rings (SSSR count). The molecule has 0 radical (unpaired) electrons. The number of nitrogens with one attached hydrogen (secondary N) is 3. The minimum Gasteiger partial charge on any atom is -0.463 e. The molecule has 5 amide bonds. The number of amides is 5. The molecule has 9 heteroatoms. The van der Waals surface area contributed by atoms with Crippen molar-refractivity contribution >= 4 is 23.9 Å². The zero-order chi connectivity index (χ0) is 24.3. The van der Waals surface area contributed by atoms with Crippen molar-refractivity contribution in [2.75, 3.05) is 13.2 Å². The first-order valence-corrected chi connectivity index (χ1v) is 11.1. The van der Waals surface area contributed by atoms with Crippen molar-refractivity contribution in [3.8, 4) is 0 Å². The van der Waals surface area contributed by atoms with Crippen LogP contribution >= 0.6 is 0 Å². The zero-order valence-corrected chi connectivity index (χ0v) is 19.0. The quantitative estimate of drug-likeness (QED) is 0.432. The first-order valence-electron chi connectivity index (χ1n) is 11.1. The highest BCUT2D eigenvalue weighted by Gasteiger charge is 2.54. The van der Waals surface area contributed by atoms with Crippen LogP contribution < -0.4 is 16.0 Å². The summed E-state index contributed by atoms with van der Waals surface area (Å²) < 4.78 is 5.18. The number of hydrogen-bond acceptors (Lipinski definition) is 5. The third-order valence-corrected chi connectivity index (χ3v) is 5.98. The molecule has 0 spiro atoms. The monoisotopic (exact) mass is 462 g/mol. The summed E-state index contributed by atoms with van der Waals surface area (Å²) in [6.45, 7) is 3.36. The number of rotatable bonds is 7. The third-order valence-electron chi connectivity index (χ3n) is 5.98. The number of esters is 1. The highest BCUT2D eigenvalue weighted by atomic mass is 16.5. The van der Waals surface area contributed by atoms with Crippen molar-refractivity contribution in [2.24, 2.45) is 0 Å². The summed E-state index contributed by atoms with van der Waals surface area (Å²) in [6.07, 6.45) is 0.434. The van der Waals surface area contributed by atoms with Gasteiger partial charge >= 0.3 is 18.0 Å². The Balaban J connectivity index is 1.78. The van der Waals surface area contributed by atoms with Crippen molar-refractivity contribution in [1.82, 2.24) is 20.9 Å². The first kappa shape index (κ1) is 23.0. The van der Waals surface area contributed by atoms with Crippen LogP contribution in [0.15, 0.2) is 71.9 Å². The number of carbonyl (C=O) groups excluding carboxylic acids is 4. The molecule has 2 heterocycles. The van der Waals surface area contributed by atoms with Crippen LogP contribution in [-0.2, 0) is 19.9 Å². The Morgan fingerprint density at radius 1 is 0.971 bits per heavy atom. The van der Waals surface area contributed by atoms with Crippen LogP contribution in [0.2, 0.25) is 0 Å². The number of imide groups is 1. The molecular formula is C25H26N4O5. The van der Waals surface area contributed by atoms with E-state index in [9.17, 15) is 19.2 Å². The van der Waals surface area contributed by atoms with E-state index in [1.165, 1.54) is 0 Å². The highest BCUT2D eigenvalue weighted by Crippen LogP contribution is 2.36.